The van der Waals surface area contributed by atoms with Crippen LogP contribution in [0.5, 0.6) is 0 Å². The minimum Gasteiger partial charge on any atom is -0.354 e. The first-order valence-electron chi connectivity index (χ1n) is 6.08. The number of hydrogen-bond donors (Lipinski definition) is 1. The summed E-state index contributed by atoms with van der Waals surface area (Å²) in [6, 6.07) is 15.8. The van der Waals surface area contributed by atoms with Gasteiger partial charge >= 0.3 is 0 Å². The molecule has 2 aromatic carbocycles. The Balaban J connectivity index is 2.02. The third-order valence-corrected chi connectivity index (χ3v) is 3.00. The summed E-state index contributed by atoms with van der Waals surface area (Å²) < 4.78 is 13.6. The van der Waals surface area contributed by atoms with E-state index < -0.39 is 5.82 Å². The van der Waals surface area contributed by atoms with Crippen LogP contribution in [-0.4, -0.2) is 4.98 Å². The number of hydrogen-bond acceptors (Lipinski definition) is 3. The zero-order valence-electron chi connectivity index (χ0n) is 10.5. The third-order valence-electron chi connectivity index (χ3n) is 3.00. The lowest BCUT2D eigenvalue weighted by atomic mass is 10.1. The lowest BCUT2D eigenvalue weighted by Gasteiger charge is -2.09. The number of rotatable bonds is 2. The quantitative estimate of drug-likeness (QED) is 0.760. The molecule has 0 aliphatic carbocycles. The molecule has 3 rings (SSSR count). The second-order valence-corrected chi connectivity index (χ2v) is 4.31. The number of benzene rings is 2. The topological polar surface area (TPSA) is 48.7 Å². The maximum atomic E-state index is 13.6. The molecule has 1 aromatic heterocycles. The van der Waals surface area contributed by atoms with Crippen LogP contribution in [0, 0.1) is 17.1 Å². The molecule has 0 radical (unpaired) electrons. The Kier molecular flexibility index (Phi) is 3.02. The highest BCUT2D eigenvalue weighted by atomic mass is 19.1. The Morgan fingerprint density at radius 3 is 2.75 bits per heavy atom. The summed E-state index contributed by atoms with van der Waals surface area (Å²) in [5.41, 5.74) is 2.23. The highest BCUT2D eigenvalue weighted by Gasteiger charge is 2.05. The van der Waals surface area contributed by atoms with Crippen molar-refractivity contribution in [1.82, 2.24) is 4.98 Å². The van der Waals surface area contributed by atoms with Crippen LogP contribution in [0.1, 0.15) is 5.56 Å². The molecule has 0 spiro atoms. The molecule has 0 amide bonds. The van der Waals surface area contributed by atoms with Gasteiger partial charge < -0.3 is 5.32 Å². The second-order valence-electron chi connectivity index (χ2n) is 4.31. The number of pyridine rings is 1. The standard InChI is InChI=1S/C16H10FN3/c17-14-9-13(7-6-12(14)10-18)20-15-5-1-3-11-4-2-8-19-16(11)15/h1-9,20H. The number of para-hydroxylation sites is 1. The Morgan fingerprint density at radius 1 is 1.10 bits per heavy atom. The summed E-state index contributed by atoms with van der Waals surface area (Å²) in [4.78, 5) is 4.32. The van der Waals surface area contributed by atoms with Crippen LogP contribution in [0.3, 0.4) is 0 Å². The molecule has 0 saturated heterocycles. The molecule has 0 bridgehead atoms. The van der Waals surface area contributed by atoms with Crippen molar-refractivity contribution in [1.29, 1.82) is 5.26 Å². The van der Waals surface area contributed by atoms with Crippen LogP contribution in [0.25, 0.3) is 10.9 Å². The van der Waals surface area contributed by atoms with E-state index in [1.807, 2.05) is 30.3 Å². The van der Waals surface area contributed by atoms with E-state index in [9.17, 15) is 4.39 Å². The van der Waals surface area contributed by atoms with Crippen LogP contribution < -0.4 is 5.32 Å². The molecule has 0 saturated carbocycles. The molecule has 4 heteroatoms. The van der Waals surface area contributed by atoms with Crippen LogP contribution in [0.4, 0.5) is 15.8 Å². The molecular weight excluding hydrogens is 253 g/mol. The molecule has 1 heterocycles. The molecule has 0 aliphatic heterocycles. The van der Waals surface area contributed by atoms with E-state index in [2.05, 4.69) is 10.3 Å². The largest absolute Gasteiger partial charge is 0.354 e. The molecule has 0 fully saturated rings. The van der Waals surface area contributed by atoms with E-state index in [0.29, 0.717) is 5.69 Å². The number of fused-ring (bicyclic) bond motifs is 1. The molecule has 0 unspecified atom stereocenters. The fraction of sp³-hybridized carbons (Fsp3) is 0. The van der Waals surface area contributed by atoms with Gasteiger partial charge in [0.05, 0.1) is 16.8 Å². The van der Waals surface area contributed by atoms with Crippen LogP contribution >= 0.6 is 0 Å². The van der Waals surface area contributed by atoms with Gasteiger partial charge in [0.15, 0.2) is 0 Å². The van der Waals surface area contributed by atoms with Crippen molar-refractivity contribution in [2.45, 2.75) is 0 Å². The van der Waals surface area contributed by atoms with Crippen molar-refractivity contribution in [3.05, 3.63) is 66.1 Å². The highest BCUT2D eigenvalue weighted by molar-refractivity contribution is 5.91. The molecule has 1 N–H and O–H groups in total. The van der Waals surface area contributed by atoms with Crippen molar-refractivity contribution in [2.24, 2.45) is 0 Å². The Morgan fingerprint density at radius 2 is 1.95 bits per heavy atom. The number of nitriles is 1. The van der Waals surface area contributed by atoms with E-state index in [1.165, 1.54) is 12.1 Å². The predicted molar refractivity (Wildman–Crippen MR) is 76.1 cm³/mol. The van der Waals surface area contributed by atoms with Gasteiger partial charge in [-0.2, -0.15) is 5.26 Å². The first kappa shape index (κ1) is 12.1. The molecule has 3 aromatic rings. The van der Waals surface area contributed by atoms with Crippen molar-refractivity contribution in [2.75, 3.05) is 5.32 Å². The Labute approximate surface area is 115 Å². The lowest BCUT2D eigenvalue weighted by molar-refractivity contribution is 0.624. The zero-order chi connectivity index (χ0) is 13.9. The van der Waals surface area contributed by atoms with E-state index in [-0.39, 0.29) is 5.56 Å². The van der Waals surface area contributed by atoms with Crippen LogP contribution in [-0.2, 0) is 0 Å². The van der Waals surface area contributed by atoms with E-state index in [4.69, 9.17) is 5.26 Å². The molecule has 0 atom stereocenters. The van der Waals surface area contributed by atoms with Gasteiger partial charge in [-0.15, -0.1) is 0 Å². The van der Waals surface area contributed by atoms with Crippen molar-refractivity contribution in [3.63, 3.8) is 0 Å². The average molecular weight is 263 g/mol. The predicted octanol–water partition coefficient (Wildman–Crippen LogP) is 3.99. The number of nitrogens with one attached hydrogen (secondary N) is 1. The molecule has 3 nitrogen and oxygen atoms in total. The monoisotopic (exact) mass is 263 g/mol. The summed E-state index contributed by atoms with van der Waals surface area (Å²) in [7, 11) is 0. The maximum Gasteiger partial charge on any atom is 0.143 e. The molecule has 20 heavy (non-hydrogen) atoms. The molecule has 96 valence electrons. The van der Waals surface area contributed by atoms with Gasteiger partial charge in [-0.05, 0) is 30.3 Å². The Bertz CT molecular complexity index is 816. The first-order chi connectivity index (χ1) is 9.78. The van der Waals surface area contributed by atoms with Gasteiger partial charge in [0.1, 0.15) is 11.9 Å². The summed E-state index contributed by atoms with van der Waals surface area (Å²) in [6.45, 7) is 0. The molecule has 0 aliphatic rings. The summed E-state index contributed by atoms with van der Waals surface area (Å²) in [6.07, 6.45) is 1.72. The van der Waals surface area contributed by atoms with Crippen molar-refractivity contribution < 1.29 is 4.39 Å². The van der Waals surface area contributed by atoms with Gasteiger partial charge in [-0.25, -0.2) is 4.39 Å². The van der Waals surface area contributed by atoms with E-state index >= 15 is 0 Å². The van der Waals surface area contributed by atoms with E-state index in [1.54, 1.807) is 18.3 Å². The van der Waals surface area contributed by atoms with Crippen LogP contribution in [0.2, 0.25) is 0 Å². The SMILES string of the molecule is N#Cc1ccc(Nc2cccc3cccnc23)cc1F. The van der Waals surface area contributed by atoms with Gasteiger partial charge in [-0.1, -0.05) is 18.2 Å². The lowest BCUT2D eigenvalue weighted by Crippen LogP contribution is -1.94. The molecular formula is C16H10FN3. The average Bonchev–Trinajstić information content (AvgIpc) is 2.48. The number of halogens is 1. The minimum absolute atomic E-state index is 0.0339. The van der Waals surface area contributed by atoms with Gasteiger partial charge in [0, 0.05) is 17.3 Å². The first-order valence-corrected chi connectivity index (χ1v) is 6.08. The van der Waals surface area contributed by atoms with Crippen LogP contribution in [0.15, 0.2) is 54.7 Å². The smallest absolute Gasteiger partial charge is 0.143 e. The zero-order valence-corrected chi connectivity index (χ0v) is 10.5. The number of anilines is 2. The maximum absolute atomic E-state index is 13.6. The number of aromatic nitrogens is 1. The summed E-state index contributed by atoms with van der Waals surface area (Å²) in [5, 5.41) is 12.9. The van der Waals surface area contributed by atoms with Crippen molar-refractivity contribution >= 4 is 22.3 Å². The van der Waals surface area contributed by atoms with E-state index in [0.717, 1.165) is 16.6 Å². The fourth-order valence-electron chi connectivity index (χ4n) is 2.04. The second kappa shape index (κ2) is 4.98. The summed E-state index contributed by atoms with van der Waals surface area (Å²) >= 11 is 0. The highest BCUT2D eigenvalue weighted by Crippen LogP contribution is 2.25. The van der Waals surface area contributed by atoms with Crippen molar-refractivity contribution in [3.8, 4) is 6.07 Å². The number of nitrogens with zero attached hydrogens (tertiary/aromatic N) is 2. The fourth-order valence-corrected chi connectivity index (χ4v) is 2.04. The minimum atomic E-state index is -0.536. The van der Waals surface area contributed by atoms with Gasteiger partial charge in [-0.3, -0.25) is 4.98 Å². The normalized spacial score (nSPS) is 10.2. The van der Waals surface area contributed by atoms with Gasteiger partial charge in [0.2, 0.25) is 0 Å². The third kappa shape index (κ3) is 2.17. The summed E-state index contributed by atoms with van der Waals surface area (Å²) in [5.74, 6) is -0.536. The van der Waals surface area contributed by atoms with Gasteiger partial charge in [0.25, 0.3) is 0 Å². The Hall–Kier alpha value is -2.93.